The molecule has 1 aliphatic carbocycles. The number of nitrogens with zero attached hydrogens (tertiary/aromatic N) is 1. The molecule has 2 heterocycles. The molecule has 2 fully saturated rings. The number of hydrogen-bond acceptors (Lipinski definition) is 4. The van der Waals surface area contributed by atoms with E-state index in [0.717, 1.165) is 25.4 Å². The van der Waals surface area contributed by atoms with E-state index in [9.17, 15) is 8.42 Å². The summed E-state index contributed by atoms with van der Waals surface area (Å²) in [6.07, 6.45) is 4.53. The third-order valence-corrected chi connectivity index (χ3v) is 8.55. The Hall–Kier alpha value is 0.0500. The second kappa shape index (κ2) is 6.04. The van der Waals surface area contributed by atoms with Crippen LogP contribution >= 0.6 is 27.3 Å². The number of rotatable bonds is 5. The van der Waals surface area contributed by atoms with E-state index in [1.807, 2.05) is 5.38 Å². The minimum absolute atomic E-state index is 0.437. The van der Waals surface area contributed by atoms with E-state index < -0.39 is 10.0 Å². The van der Waals surface area contributed by atoms with Crippen molar-refractivity contribution >= 4 is 37.3 Å². The van der Waals surface area contributed by atoms with Crippen LogP contribution < -0.4 is 5.32 Å². The summed E-state index contributed by atoms with van der Waals surface area (Å²) in [6.45, 7) is 2.33. The fraction of sp³-hybridized carbons (Fsp3) is 0.692. The molecule has 0 bridgehead atoms. The van der Waals surface area contributed by atoms with Crippen molar-refractivity contribution in [3.05, 3.63) is 15.9 Å². The Morgan fingerprint density at radius 2 is 2.00 bits per heavy atom. The molecule has 1 N–H and O–H groups in total. The summed E-state index contributed by atoms with van der Waals surface area (Å²) in [4.78, 5) is 0. The van der Waals surface area contributed by atoms with Gasteiger partial charge in [0.05, 0.1) is 0 Å². The van der Waals surface area contributed by atoms with Gasteiger partial charge in [0.2, 0.25) is 0 Å². The van der Waals surface area contributed by atoms with Crippen molar-refractivity contribution in [1.82, 2.24) is 9.62 Å². The molecular formula is C13H19BrN2O2S2. The van der Waals surface area contributed by atoms with Gasteiger partial charge in [-0.15, -0.1) is 11.3 Å². The summed E-state index contributed by atoms with van der Waals surface area (Å²) >= 11 is 4.61. The quantitative estimate of drug-likeness (QED) is 0.856. The highest BCUT2D eigenvalue weighted by Crippen LogP contribution is 2.32. The Morgan fingerprint density at radius 3 is 2.55 bits per heavy atom. The first-order chi connectivity index (χ1) is 9.57. The van der Waals surface area contributed by atoms with Crippen LogP contribution in [0.15, 0.2) is 20.1 Å². The average Bonchev–Trinajstić information content (AvgIpc) is 3.17. The second-order valence-corrected chi connectivity index (χ2v) is 9.49. The van der Waals surface area contributed by atoms with E-state index in [0.29, 0.717) is 27.7 Å². The van der Waals surface area contributed by atoms with Crippen molar-refractivity contribution in [2.75, 3.05) is 19.6 Å². The van der Waals surface area contributed by atoms with E-state index in [4.69, 9.17) is 0 Å². The highest BCUT2D eigenvalue weighted by Gasteiger charge is 2.32. The zero-order chi connectivity index (χ0) is 14.2. The molecule has 4 nitrogen and oxygen atoms in total. The Balaban J connectivity index is 1.58. The lowest BCUT2D eigenvalue weighted by Crippen LogP contribution is -2.40. The molecular weight excluding hydrogens is 360 g/mol. The smallest absolute Gasteiger partial charge is 0.253 e. The van der Waals surface area contributed by atoms with E-state index >= 15 is 0 Å². The number of nitrogens with one attached hydrogen (secondary N) is 1. The van der Waals surface area contributed by atoms with Gasteiger partial charge in [0.15, 0.2) is 0 Å². The molecule has 0 spiro atoms. The molecule has 2 aliphatic rings. The lowest BCUT2D eigenvalue weighted by Gasteiger charge is -2.31. The van der Waals surface area contributed by atoms with Gasteiger partial charge in [0.25, 0.3) is 10.0 Å². The van der Waals surface area contributed by atoms with Gasteiger partial charge < -0.3 is 5.32 Å². The number of halogens is 1. The maximum atomic E-state index is 12.5. The van der Waals surface area contributed by atoms with Crippen molar-refractivity contribution < 1.29 is 8.42 Å². The van der Waals surface area contributed by atoms with Gasteiger partial charge in [0.1, 0.15) is 4.21 Å². The normalized spacial score (nSPS) is 22.2. The van der Waals surface area contributed by atoms with Crippen LogP contribution in [0.2, 0.25) is 0 Å². The largest absolute Gasteiger partial charge is 0.314 e. The first-order valence-electron chi connectivity index (χ1n) is 7.04. The molecule has 0 aromatic carbocycles. The molecule has 0 unspecified atom stereocenters. The van der Waals surface area contributed by atoms with E-state index in [1.165, 1.54) is 24.2 Å². The van der Waals surface area contributed by atoms with Gasteiger partial charge in [-0.05, 0) is 65.5 Å². The predicted octanol–water partition coefficient (Wildman–Crippen LogP) is 2.66. The summed E-state index contributed by atoms with van der Waals surface area (Å²) in [5.74, 6) is 0.619. The average molecular weight is 379 g/mol. The first-order valence-corrected chi connectivity index (χ1v) is 10.1. The monoisotopic (exact) mass is 378 g/mol. The highest BCUT2D eigenvalue weighted by molar-refractivity contribution is 9.10. The van der Waals surface area contributed by atoms with Crippen LogP contribution in [0.5, 0.6) is 0 Å². The lowest BCUT2D eigenvalue weighted by molar-refractivity contribution is 0.267. The Labute approximate surface area is 132 Å². The van der Waals surface area contributed by atoms with Gasteiger partial charge in [0, 0.05) is 23.6 Å². The van der Waals surface area contributed by atoms with Crippen molar-refractivity contribution in [3.8, 4) is 0 Å². The van der Waals surface area contributed by atoms with Crippen molar-refractivity contribution in [2.24, 2.45) is 5.92 Å². The number of sulfonamides is 1. The molecule has 0 atom stereocenters. The molecule has 0 amide bonds. The zero-order valence-corrected chi connectivity index (χ0v) is 14.4. The minimum Gasteiger partial charge on any atom is -0.314 e. The Bertz CT molecular complexity index is 561. The van der Waals surface area contributed by atoms with Gasteiger partial charge in [-0.25, -0.2) is 8.42 Å². The van der Waals surface area contributed by atoms with Crippen LogP contribution in [0.25, 0.3) is 0 Å². The van der Waals surface area contributed by atoms with Crippen molar-refractivity contribution in [2.45, 2.75) is 35.9 Å². The van der Waals surface area contributed by atoms with Gasteiger partial charge in [-0.3, -0.25) is 0 Å². The maximum Gasteiger partial charge on any atom is 0.253 e. The summed E-state index contributed by atoms with van der Waals surface area (Å²) in [5, 5.41) is 5.35. The van der Waals surface area contributed by atoms with Crippen LogP contribution in [-0.2, 0) is 10.0 Å². The molecule has 3 rings (SSSR count). The van der Waals surface area contributed by atoms with Crippen molar-refractivity contribution in [3.63, 3.8) is 0 Å². The molecule has 7 heteroatoms. The topological polar surface area (TPSA) is 49.4 Å². The minimum atomic E-state index is -3.31. The first kappa shape index (κ1) is 15.0. The zero-order valence-electron chi connectivity index (χ0n) is 11.2. The maximum absolute atomic E-state index is 12.5. The lowest BCUT2D eigenvalue weighted by atomic mass is 9.98. The standard InChI is InChI=1S/C13H19BrN2O2S2/c14-12-5-8-19-13(12)20(17,18)16-6-3-10(4-7-16)9-15-11-1-2-11/h5,8,10-11,15H,1-4,6-7,9H2. The molecule has 112 valence electrons. The Kier molecular flexibility index (Phi) is 4.52. The number of thiophene rings is 1. The Morgan fingerprint density at radius 1 is 1.30 bits per heavy atom. The van der Waals surface area contributed by atoms with Crippen LogP contribution in [0.4, 0.5) is 0 Å². The van der Waals surface area contributed by atoms with Crippen molar-refractivity contribution in [1.29, 1.82) is 0 Å². The van der Waals surface area contributed by atoms with E-state index in [2.05, 4.69) is 21.2 Å². The summed E-state index contributed by atoms with van der Waals surface area (Å²) < 4.78 is 27.8. The predicted molar refractivity (Wildman–Crippen MR) is 84.5 cm³/mol. The third-order valence-electron chi connectivity index (χ3n) is 4.00. The van der Waals surface area contributed by atoms with Gasteiger partial charge in [-0.1, -0.05) is 0 Å². The summed E-state index contributed by atoms with van der Waals surface area (Å²) in [5.41, 5.74) is 0. The highest BCUT2D eigenvalue weighted by atomic mass is 79.9. The van der Waals surface area contributed by atoms with Crippen LogP contribution in [-0.4, -0.2) is 38.4 Å². The van der Waals surface area contributed by atoms with E-state index in [1.54, 1.807) is 10.4 Å². The van der Waals surface area contributed by atoms with Gasteiger partial charge >= 0.3 is 0 Å². The number of piperidine rings is 1. The molecule has 0 radical (unpaired) electrons. The molecule has 1 saturated heterocycles. The van der Waals surface area contributed by atoms with Crippen LogP contribution in [0, 0.1) is 5.92 Å². The molecule has 1 aliphatic heterocycles. The molecule has 20 heavy (non-hydrogen) atoms. The number of hydrogen-bond donors (Lipinski definition) is 1. The van der Waals surface area contributed by atoms with Crippen LogP contribution in [0.1, 0.15) is 25.7 Å². The molecule has 1 aromatic rings. The molecule has 1 saturated carbocycles. The fourth-order valence-corrected chi connectivity index (χ4v) is 6.48. The SMILES string of the molecule is O=S(=O)(c1sccc1Br)N1CCC(CNC2CC2)CC1. The van der Waals surface area contributed by atoms with Gasteiger partial charge in [-0.2, -0.15) is 4.31 Å². The fourth-order valence-electron chi connectivity index (χ4n) is 2.56. The second-order valence-electron chi connectivity index (χ2n) is 5.59. The summed E-state index contributed by atoms with van der Waals surface area (Å²) in [6, 6.07) is 2.53. The molecule has 1 aromatic heterocycles. The van der Waals surface area contributed by atoms with E-state index in [-0.39, 0.29) is 0 Å². The summed E-state index contributed by atoms with van der Waals surface area (Å²) in [7, 11) is -3.31. The third kappa shape index (κ3) is 3.27. The van der Waals surface area contributed by atoms with Crippen LogP contribution in [0.3, 0.4) is 0 Å².